The predicted molar refractivity (Wildman–Crippen MR) is 73.4 cm³/mol. The zero-order valence-electron chi connectivity index (χ0n) is 11.5. The molecular formula is C14H23N3O. The van der Waals surface area contributed by atoms with E-state index >= 15 is 0 Å². The molecule has 1 aromatic rings. The average molecular weight is 249 g/mol. The van der Waals surface area contributed by atoms with Crippen molar-refractivity contribution in [3.63, 3.8) is 0 Å². The van der Waals surface area contributed by atoms with Crippen molar-refractivity contribution in [2.45, 2.75) is 39.7 Å². The number of carbonyl (C=O) groups excluding carboxylic acids is 1. The zero-order valence-corrected chi connectivity index (χ0v) is 11.5. The molecule has 0 aliphatic heterocycles. The summed E-state index contributed by atoms with van der Waals surface area (Å²) in [7, 11) is 0. The number of aryl methyl sites for hydroxylation is 1. The molecule has 0 aliphatic carbocycles. The van der Waals surface area contributed by atoms with Gasteiger partial charge in [0.05, 0.1) is 0 Å². The van der Waals surface area contributed by atoms with Crippen LogP contribution in [0.5, 0.6) is 0 Å². The molecule has 1 heterocycles. The summed E-state index contributed by atoms with van der Waals surface area (Å²) in [5.74, 6) is 0.0552. The maximum Gasteiger partial charge on any atom is 0.254 e. The smallest absolute Gasteiger partial charge is 0.254 e. The Morgan fingerprint density at radius 1 is 1.44 bits per heavy atom. The van der Waals surface area contributed by atoms with Crippen LogP contribution in [0, 0.1) is 6.92 Å². The van der Waals surface area contributed by atoms with Crippen molar-refractivity contribution in [2.24, 2.45) is 5.73 Å². The van der Waals surface area contributed by atoms with Crippen molar-refractivity contribution in [1.29, 1.82) is 0 Å². The summed E-state index contributed by atoms with van der Waals surface area (Å²) in [6.07, 6.45) is 3.58. The normalized spacial score (nSPS) is 10.7. The van der Waals surface area contributed by atoms with Gasteiger partial charge in [-0.25, -0.2) is 0 Å². The molecule has 0 radical (unpaired) electrons. The third-order valence-electron chi connectivity index (χ3n) is 3.16. The number of aromatic nitrogens is 1. The van der Waals surface area contributed by atoms with E-state index in [9.17, 15) is 4.79 Å². The van der Waals surface area contributed by atoms with Crippen LogP contribution in [0.4, 0.5) is 0 Å². The maximum atomic E-state index is 12.5. The first-order valence-corrected chi connectivity index (χ1v) is 6.57. The van der Waals surface area contributed by atoms with E-state index in [2.05, 4.69) is 18.8 Å². The second-order valence-electron chi connectivity index (χ2n) is 4.44. The number of amides is 1. The van der Waals surface area contributed by atoms with E-state index in [0.717, 1.165) is 18.5 Å². The molecule has 100 valence electrons. The van der Waals surface area contributed by atoms with E-state index in [1.165, 1.54) is 0 Å². The molecule has 0 unspecified atom stereocenters. The minimum atomic E-state index is 0.0552. The number of nitrogens with zero attached hydrogens (tertiary/aromatic N) is 2. The molecule has 0 atom stereocenters. The molecule has 4 nitrogen and oxygen atoms in total. The van der Waals surface area contributed by atoms with Gasteiger partial charge in [0.1, 0.15) is 0 Å². The van der Waals surface area contributed by atoms with Crippen LogP contribution in [-0.4, -0.2) is 34.9 Å². The molecule has 0 aromatic carbocycles. The highest BCUT2D eigenvalue weighted by Crippen LogP contribution is 2.13. The fourth-order valence-electron chi connectivity index (χ4n) is 2.16. The van der Waals surface area contributed by atoms with Crippen molar-refractivity contribution >= 4 is 5.91 Å². The number of nitrogens with two attached hydrogens (primary N) is 1. The van der Waals surface area contributed by atoms with Crippen molar-refractivity contribution in [2.75, 3.05) is 13.1 Å². The standard InChI is InChI=1S/C14H23N3O/c1-4-13(5-2)17(9-7-15)14(18)12-6-8-16-11(3)10-12/h6,8,10,13H,4-5,7,9,15H2,1-3H3. The van der Waals surface area contributed by atoms with Crippen LogP contribution in [0.2, 0.25) is 0 Å². The average Bonchev–Trinajstić information content (AvgIpc) is 2.38. The molecule has 0 aliphatic rings. The SMILES string of the molecule is CCC(CC)N(CCN)C(=O)c1ccnc(C)c1. The number of rotatable bonds is 6. The molecule has 0 fully saturated rings. The first-order valence-electron chi connectivity index (χ1n) is 6.57. The second-order valence-corrected chi connectivity index (χ2v) is 4.44. The lowest BCUT2D eigenvalue weighted by atomic mass is 10.1. The Hall–Kier alpha value is -1.42. The molecule has 0 bridgehead atoms. The Morgan fingerprint density at radius 2 is 2.11 bits per heavy atom. The van der Waals surface area contributed by atoms with Gasteiger partial charge in [-0.15, -0.1) is 0 Å². The van der Waals surface area contributed by atoms with E-state index < -0.39 is 0 Å². The Labute approximate surface area is 109 Å². The van der Waals surface area contributed by atoms with Gasteiger partial charge in [-0.1, -0.05) is 13.8 Å². The number of pyridine rings is 1. The van der Waals surface area contributed by atoms with Gasteiger partial charge in [-0.05, 0) is 31.9 Å². The monoisotopic (exact) mass is 249 g/mol. The van der Waals surface area contributed by atoms with Gasteiger partial charge >= 0.3 is 0 Å². The lowest BCUT2D eigenvalue weighted by molar-refractivity contribution is 0.0674. The lowest BCUT2D eigenvalue weighted by Gasteiger charge is -2.30. The Morgan fingerprint density at radius 3 is 2.61 bits per heavy atom. The minimum Gasteiger partial charge on any atom is -0.334 e. The molecule has 0 spiro atoms. The molecular weight excluding hydrogens is 226 g/mol. The van der Waals surface area contributed by atoms with Crippen molar-refractivity contribution < 1.29 is 4.79 Å². The summed E-state index contributed by atoms with van der Waals surface area (Å²) in [6, 6.07) is 3.85. The van der Waals surface area contributed by atoms with Crippen LogP contribution >= 0.6 is 0 Å². The van der Waals surface area contributed by atoms with Crippen molar-refractivity contribution in [3.8, 4) is 0 Å². The Balaban J connectivity index is 2.95. The van der Waals surface area contributed by atoms with Crippen LogP contribution < -0.4 is 5.73 Å². The van der Waals surface area contributed by atoms with Gasteiger partial charge in [0.25, 0.3) is 5.91 Å². The van der Waals surface area contributed by atoms with Crippen LogP contribution in [0.3, 0.4) is 0 Å². The number of carbonyl (C=O) groups is 1. The highest BCUT2D eigenvalue weighted by Gasteiger charge is 2.21. The van der Waals surface area contributed by atoms with Crippen LogP contribution in [0.15, 0.2) is 18.3 Å². The van der Waals surface area contributed by atoms with Crippen molar-refractivity contribution in [3.05, 3.63) is 29.6 Å². The van der Waals surface area contributed by atoms with E-state index in [4.69, 9.17) is 5.73 Å². The molecule has 0 saturated carbocycles. The molecule has 1 aromatic heterocycles. The summed E-state index contributed by atoms with van der Waals surface area (Å²) in [5, 5.41) is 0. The summed E-state index contributed by atoms with van der Waals surface area (Å²) in [5.41, 5.74) is 7.17. The quantitative estimate of drug-likeness (QED) is 0.838. The molecule has 18 heavy (non-hydrogen) atoms. The molecule has 1 amide bonds. The lowest BCUT2D eigenvalue weighted by Crippen LogP contribution is -2.42. The summed E-state index contributed by atoms with van der Waals surface area (Å²) in [4.78, 5) is 18.5. The van der Waals surface area contributed by atoms with Gasteiger partial charge in [-0.3, -0.25) is 9.78 Å². The zero-order chi connectivity index (χ0) is 13.5. The predicted octanol–water partition coefficient (Wildman–Crippen LogP) is 1.98. The van der Waals surface area contributed by atoms with Crippen LogP contribution in [-0.2, 0) is 0 Å². The summed E-state index contributed by atoms with van der Waals surface area (Å²) < 4.78 is 0. The maximum absolute atomic E-state index is 12.5. The fourth-order valence-corrected chi connectivity index (χ4v) is 2.16. The minimum absolute atomic E-state index is 0.0552. The van der Waals surface area contributed by atoms with E-state index in [1.54, 1.807) is 12.3 Å². The highest BCUT2D eigenvalue weighted by molar-refractivity contribution is 5.94. The third kappa shape index (κ3) is 3.53. The second kappa shape index (κ2) is 7.11. The van der Waals surface area contributed by atoms with Gasteiger partial charge < -0.3 is 10.6 Å². The fraction of sp³-hybridized carbons (Fsp3) is 0.571. The first kappa shape index (κ1) is 14.6. The number of hydrogen-bond acceptors (Lipinski definition) is 3. The van der Waals surface area contributed by atoms with Gasteiger partial charge in [0, 0.05) is 36.6 Å². The van der Waals surface area contributed by atoms with Crippen LogP contribution in [0.1, 0.15) is 42.7 Å². The van der Waals surface area contributed by atoms with Gasteiger partial charge in [-0.2, -0.15) is 0 Å². The summed E-state index contributed by atoms with van der Waals surface area (Å²) >= 11 is 0. The topological polar surface area (TPSA) is 59.2 Å². The molecule has 0 saturated heterocycles. The Bertz CT molecular complexity index is 388. The van der Waals surface area contributed by atoms with Gasteiger partial charge in [0.15, 0.2) is 0 Å². The third-order valence-corrected chi connectivity index (χ3v) is 3.16. The largest absolute Gasteiger partial charge is 0.334 e. The van der Waals surface area contributed by atoms with Crippen LogP contribution in [0.25, 0.3) is 0 Å². The van der Waals surface area contributed by atoms with E-state index in [1.807, 2.05) is 17.9 Å². The van der Waals surface area contributed by atoms with E-state index in [-0.39, 0.29) is 11.9 Å². The molecule has 1 rings (SSSR count). The summed E-state index contributed by atoms with van der Waals surface area (Å²) in [6.45, 7) is 7.19. The van der Waals surface area contributed by atoms with E-state index in [0.29, 0.717) is 18.7 Å². The van der Waals surface area contributed by atoms with Gasteiger partial charge in [0.2, 0.25) is 0 Å². The molecule has 2 N–H and O–H groups in total. The highest BCUT2D eigenvalue weighted by atomic mass is 16.2. The van der Waals surface area contributed by atoms with Crippen molar-refractivity contribution in [1.82, 2.24) is 9.88 Å². The molecule has 4 heteroatoms. The Kier molecular flexibility index (Phi) is 5.78. The first-order chi connectivity index (χ1) is 8.63. The number of hydrogen-bond donors (Lipinski definition) is 1.